The summed E-state index contributed by atoms with van der Waals surface area (Å²) in [6, 6.07) is 3.09. The molecule has 0 amide bonds. The van der Waals surface area contributed by atoms with E-state index in [9.17, 15) is 9.90 Å². The van der Waals surface area contributed by atoms with Crippen molar-refractivity contribution in [2.75, 3.05) is 13.1 Å². The van der Waals surface area contributed by atoms with Crippen molar-refractivity contribution in [2.24, 2.45) is 0 Å². The van der Waals surface area contributed by atoms with Gasteiger partial charge < -0.3 is 9.52 Å². The summed E-state index contributed by atoms with van der Waals surface area (Å²) in [5.41, 5.74) is 0.843. The minimum atomic E-state index is -0.257. The van der Waals surface area contributed by atoms with Gasteiger partial charge in [-0.3, -0.25) is 9.69 Å². The van der Waals surface area contributed by atoms with E-state index in [-0.39, 0.29) is 16.2 Å². The number of rotatable bonds is 2. The number of hydrogen-bond acceptors (Lipinski definition) is 4. The molecule has 20 heavy (non-hydrogen) atoms. The Kier molecular flexibility index (Phi) is 3.68. The largest absolute Gasteiger partial charge is 0.507 e. The number of aromatic hydroxyl groups is 1. The molecular weight excluding hydrogens is 278 g/mol. The zero-order chi connectivity index (χ0) is 14.1. The van der Waals surface area contributed by atoms with E-state index in [1.807, 2.05) is 0 Å². The molecule has 0 radical (unpaired) electrons. The molecule has 106 valence electrons. The van der Waals surface area contributed by atoms with Crippen LogP contribution in [0, 0.1) is 0 Å². The van der Waals surface area contributed by atoms with Crippen molar-refractivity contribution in [2.45, 2.75) is 25.8 Å². The normalized spacial score (nSPS) is 16.6. The SMILES string of the molecule is O=c1c(Cl)coc2c(CN3CCCCC3)c(O)ccc12. The van der Waals surface area contributed by atoms with E-state index in [2.05, 4.69) is 4.90 Å². The molecule has 0 aliphatic carbocycles. The van der Waals surface area contributed by atoms with Crippen LogP contribution in [0.25, 0.3) is 11.0 Å². The van der Waals surface area contributed by atoms with Gasteiger partial charge in [0.1, 0.15) is 22.6 Å². The fourth-order valence-corrected chi connectivity index (χ4v) is 2.86. The maximum atomic E-state index is 12.0. The lowest BCUT2D eigenvalue weighted by molar-refractivity contribution is 0.218. The van der Waals surface area contributed by atoms with E-state index < -0.39 is 0 Å². The molecule has 1 saturated heterocycles. The van der Waals surface area contributed by atoms with E-state index >= 15 is 0 Å². The first kappa shape index (κ1) is 13.5. The van der Waals surface area contributed by atoms with Gasteiger partial charge in [0.2, 0.25) is 5.43 Å². The Bertz CT molecular complexity index is 689. The number of likely N-dealkylation sites (tertiary alicyclic amines) is 1. The molecule has 1 fully saturated rings. The molecule has 1 N–H and O–H groups in total. The average molecular weight is 294 g/mol. The van der Waals surface area contributed by atoms with E-state index in [0.717, 1.165) is 13.1 Å². The summed E-state index contributed by atoms with van der Waals surface area (Å²) in [7, 11) is 0. The third-order valence-corrected chi connectivity index (χ3v) is 4.07. The number of nitrogens with zero attached hydrogens (tertiary/aromatic N) is 1. The molecular formula is C15H16ClNO3. The summed E-state index contributed by atoms with van der Waals surface area (Å²) in [6.45, 7) is 2.61. The number of halogens is 1. The van der Waals surface area contributed by atoms with Crippen LogP contribution in [0.3, 0.4) is 0 Å². The van der Waals surface area contributed by atoms with Crippen molar-refractivity contribution >= 4 is 22.6 Å². The molecule has 2 aromatic rings. The van der Waals surface area contributed by atoms with Gasteiger partial charge in [-0.25, -0.2) is 0 Å². The summed E-state index contributed by atoms with van der Waals surface area (Å²) >= 11 is 5.79. The van der Waals surface area contributed by atoms with Gasteiger partial charge in [0, 0.05) is 6.54 Å². The molecule has 1 aromatic heterocycles. The van der Waals surface area contributed by atoms with Crippen molar-refractivity contribution in [3.05, 3.63) is 39.2 Å². The summed E-state index contributed by atoms with van der Waals surface area (Å²) in [6.07, 6.45) is 4.83. The second-order valence-corrected chi connectivity index (χ2v) is 5.60. The first-order chi connectivity index (χ1) is 9.66. The quantitative estimate of drug-likeness (QED) is 0.924. The van der Waals surface area contributed by atoms with Crippen LogP contribution in [0.15, 0.2) is 27.6 Å². The summed E-state index contributed by atoms with van der Waals surface area (Å²) in [5.74, 6) is 0.161. The summed E-state index contributed by atoms with van der Waals surface area (Å²) < 4.78 is 5.46. The Morgan fingerprint density at radius 1 is 1.25 bits per heavy atom. The van der Waals surface area contributed by atoms with Crippen LogP contribution in [0.4, 0.5) is 0 Å². The van der Waals surface area contributed by atoms with Crippen LogP contribution < -0.4 is 5.43 Å². The van der Waals surface area contributed by atoms with E-state index in [0.29, 0.717) is 23.1 Å². The highest BCUT2D eigenvalue weighted by atomic mass is 35.5. The Balaban J connectivity index is 2.06. The molecule has 0 atom stereocenters. The molecule has 0 spiro atoms. The molecule has 0 saturated carbocycles. The fourth-order valence-electron chi connectivity index (χ4n) is 2.72. The third kappa shape index (κ3) is 2.41. The van der Waals surface area contributed by atoms with Crippen molar-refractivity contribution in [1.29, 1.82) is 0 Å². The lowest BCUT2D eigenvalue weighted by Crippen LogP contribution is -2.29. The molecule has 0 unspecified atom stereocenters. The second-order valence-electron chi connectivity index (χ2n) is 5.19. The Morgan fingerprint density at radius 2 is 2.00 bits per heavy atom. The number of hydrogen-bond donors (Lipinski definition) is 1. The highest BCUT2D eigenvalue weighted by Gasteiger charge is 2.17. The number of phenolic OH excluding ortho intramolecular Hbond substituents is 1. The topological polar surface area (TPSA) is 53.7 Å². The van der Waals surface area contributed by atoms with E-state index in [1.165, 1.54) is 31.6 Å². The van der Waals surface area contributed by atoms with Crippen molar-refractivity contribution in [1.82, 2.24) is 4.90 Å². The zero-order valence-corrected chi connectivity index (χ0v) is 11.8. The first-order valence-corrected chi connectivity index (χ1v) is 7.19. The molecule has 1 aromatic carbocycles. The van der Waals surface area contributed by atoms with Gasteiger partial charge in [-0.05, 0) is 38.1 Å². The second kappa shape index (κ2) is 5.46. The van der Waals surface area contributed by atoms with Gasteiger partial charge in [-0.2, -0.15) is 0 Å². The van der Waals surface area contributed by atoms with Crippen molar-refractivity contribution in [3.8, 4) is 5.75 Å². The van der Waals surface area contributed by atoms with Gasteiger partial charge in [0.05, 0.1) is 10.9 Å². The maximum absolute atomic E-state index is 12.0. The van der Waals surface area contributed by atoms with Crippen LogP contribution in [0.5, 0.6) is 5.75 Å². The predicted molar refractivity (Wildman–Crippen MR) is 78.3 cm³/mol. The van der Waals surface area contributed by atoms with Gasteiger partial charge in [0.15, 0.2) is 0 Å². The summed E-state index contributed by atoms with van der Waals surface area (Å²) in [5, 5.41) is 10.6. The van der Waals surface area contributed by atoms with Crippen LogP contribution in [-0.2, 0) is 6.54 Å². The fraction of sp³-hybridized carbons (Fsp3) is 0.400. The third-order valence-electron chi connectivity index (χ3n) is 3.81. The van der Waals surface area contributed by atoms with Crippen LogP contribution in [0.1, 0.15) is 24.8 Å². The van der Waals surface area contributed by atoms with E-state index in [1.54, 1.807) is 6.07 Å². The Morgan fingerprint density at radius 3 is 2.75 bits per heavy atom. The highest BCUT2D eigenvalue weighted by Crippen LogP contribution is 2.28. The molecule has 0 bridgehead atoms. The molecule has 1 aliphatic heterocycles. The van der Waals surface area contributed by atoms with Gasteiger partial charge in [-0.15, -0.1) is 0 Å². The molecule has 5 heteroatoms. The van der Waals surface area contributed by atoms with Crippen LogP contribution >= 0.6 is 11.6 Å². The minimum absolute atomic E-state index is 0.0621. The molecule has 3 rings (SSSR count). The minimum Gasteiger partial charge on any atom is -0.507 e. The molecule has 4 nitrogen and oxygen atoms in total. The van der Waals surface area contributed by atoms with Crippen molar-refractivity contribution in [3.63, 3.8) is 0 Å². The Hall–Kier alpha value is -1.52. The first-order valence-electron chi connectivity index (χ1n) is 6.81. The van der Waals surface area contributed by atoms with Crippen LogP contribution in [0.2, 0.25) is 5.02 Å². The lowest BCUT2D eigenvalue weighted by atomic mass is 10.1. The predicted octanol–water partition coefficient (Wildman–Crippen LogP) is 3.14. The average Bonchev–Trinajstić information content (AvgIpc) is 2.47. The smallest absolute Gasteiger partial charge is 0.211 e. The number of benzene rings is 1. The number of fused-ring (bicyclic) bond motifs is 1. The lowest BCUT2D eigenvalue weighted by Gasteiger charge is -2.26. The molecule has 2 heterocycles. The molecule has 1 aliphatic rings. The zero-order valence-electron chi connectivity index (χ0n) is 11.1. The van der Waals surface area contributed by atoms with Crippen LogP contribution in [-0.4, -0.2) is 23.1 Å². The number of phenols is 1. The maximum Gasteiger partial charge on any atom is 0.211 e. The van der Waals surface area contributed by atoms with Crippen molar-refractivity contribution < 1.29 is 9.52 Å². The number of piperidine rings is 1. The summed E-state index contributed by atoms with van der Waals surface area (Å²) in [4.78, 5) is 14.3. The highest BCUT2D eigenvalue weighted by molar-refractivity contribution is 6.30. The van der Waals surface area contributed by atoms with Gasteiger partial charge in [-0.1, -0.05) is 18.0 Å². The monoisotopic (exact) mass is 293 g/mol. The Labute approximate surface area is 121 Å². The van der Waals surface area contributed by atoms with E-state index in [4.69, 9.17) is 16.0 Å². The van der Waals surface area contributed by atoms with Gasteiger partial charge >= 0.3 is 0 Å². The standard InChI is InChI=1S/C15H16ClNO3/c16-12-9-20-15-10(14(12)19)4-5-13(18)11(15)8-17-6-2-1-3-7-17/h4-5,9,18H,1-3,6-8H2. The van der Waals surface area contributed by atoms with Gasteiger partial charge in [0.25, 0.3) is 0 Å².